The molecule has 0 radical (unpaired) electrons. The number of aromatic nitrogens is 2. The third kappa shape index (κ3) is 2.73. The molecule has 1 atom stereocenters. The van der Waals surface area contributed by atoms with E-state index in [0.717, 1.165) is 11.3 Å². The monoisotopic (exact) mass is 378 g/mol. The third-order valence-electron chi connectivity index (χ3n) is 5.35. The summed E-state index contributed by atoms with van der Waals surface area (Å²) in [7, 11) is 3.19. The number of nitriles is 1. The van der Waals surface area contributed by atoms with E-state index in [4.69, 9.17) is 9.47 Å². The molecule has 28 heavy (non-hydrogen) atoms. The average Bonchev–Trinajstić information content (AvgIpc) is 3.07. The van der Waals surface area contributed by atoms with Gasteiger partial charge < -0.3 is 14.8 Å². The molecule has 0 fully saturated rings. The Bertz CT molecular complexity index is 1040. The van der Waals surface area contributed by atoms with Crippen molar-refractivity contribution < 1.29 is 14.3 Å². The zero-order valence-corrected chi connectivity index (χ0v) is 16.4. The van der Waals surface area contributed by atoms with Crippen molar-refractivity contribution in [3.05, 3.63) is 46.8 Å². The van der Waals surface area contributed by atoms with E-state index in [1.54, 1.807) is 18.9 Å². The minimum Gasteiger partial charge on any atom is -0.497 e. The summed E-state index contributed by atoms with van der Waals surface area (Å²) in [4.78, 5) is 13.2. The van der Waals surface area contributed by atoms with Gasteiger partial charge in [-0.2, -0.15) is 10.4 Å². The lowest BCUT2D eigenvalue weighted by Gasteiger charge is -2.39. The van der Waals surface area contributed by atoms with Crippen LogP contribution >= 0.6 is 0 Å². The van der Waals surface area contributed by atoms with E-state index < -0.39 is 6.04 Å². The number of nitrogens with one attached hydrogen (secondary N) is 1. The number of allylic oxidation sites excluding steroid dienone is 2. The number of carbonyl (C=O) groups is 1. The van der Waals surface area contributed by atoms with Crippen LogP contribution in [0.5, 0.6) is 11.5 Å². The lowest BCUT2D eigenvalue weighted by Crippen LogP contribution is -2.36. The van der Waals surface area contributed by atoms with Gasteiger partial charge in [-0.25, -0.2) is 4.68 Å². The Morgan fingerprint density at radius 2 is 2.07 bits per heavy atom. The lowest BCUT2D eigenvalue weighted by atomic mass is 9.73. The van der Waals surface area contributed by atoms with E-state index in [2.05, 4.69) is 30.3 Å². The molecular formula is C21H22N4O3. The topological polar surface area (TPSA) is 89.2 Å². The first-order valence-corrected chi connectivity index (χ1v) is 9.11. The summed E-state index contributed by atoms with van der Waals surface area (Å²) in [5.41, 5.74) is 2.58. The van der Waals surface area contributed by atoms with Crippen molar-refractivity contribution in [1.82, 2.24) is 9.78 Å². The van der Waals surface area contributed by atoms with Crippen LogP contribution in [-0.2, 0) is 4.79 Å². The molecular weight excluding hydrogens is 356 g/mol. The first kappa shape index (κ1) is 18.1. The number of hydrogen-bond acceptors (Lipinski definition) is 6. The number of anilines is 1. The molecule has 7 heteroatoms. The van der Waals surface area contributed by atoms with Gasteiger partial charge in [-0.1, -0.05) is 13.8 Å². The molecule has 144 valence electrons. The second-order valence-electron chi connectivity index (χ2n) is 7.93. The smallest absolute Gasteiger partial charge is 0.163 e. The van der Waals surface area contributed by atoms with Crippen LogP contribution in [0.15, 0.2) is 35.7 Å². The van der Waals surface area contributed by atoms with Gasteiger partial charge in [0.15, 0.2) is 5.78 Å². The van der Waals surface area contributed by atoms with Crippen molar-refractivity contribution in [2.45, 2.75) is 32.7 Å². The summed E-state index contributed by atoms with van der Waals surface area (Å²) < 4.78 is 12.7. The number of hydrogen-bond donors (Lipinski definition) is 1. The Hall–Kier alpha value is -3.27. The number of ether oxygens (including phenoxy) is 2. The second kappa shape index (κ2) is 6.41. The quantitative estimate of drug-likeness (QED) is 0.880. The standard InChI is InChI=1S/C21H22N4O3/c1-21(2)8-15-18(16(26)9-21)19(25-20(24-15)12(10-22)11-23-25)14-7-13(27-3)5-6-17(14)28-4/h5-7,11,19,24H,8-9H2,1-4H3. The van der Waals surface area contributed by atoms with Crippen molar-refractivity contribution in [2.75, 3.05) is 19.5 Å². The molecule has 1 aliphatic heterocycles. The minimum atomic E-state index is -0.484. The van der Waals surface area contributed by atoms with Crippen LogP contribution in [0, 0.1) is 16.7 Å². The first-order valence-electron chi connectivity index (χ1n) is 9.11. The maximum Gasteiger partial charge on any atom is 0.163 e. The Labute approximate surface area is 163 Å². The fourth-order valence-corrected chi connectivity index (χ4v) is 4.13. The van der Waals surface area contributed by atoms with Gasteiger partial charge >= 0.3 is 0 Å². The van der Waals surface area contributed by atoms with Crippen LogP contribution in [0.3, 0.4) is 0 Å². The number of ketones is 1. The fourth-order valence-electron chi connectivity index (χ4n) is 4.13. The fraction of sp³-hybridized carbons (Fsp3) is 0.381. The summed E-state index contributed by atoms with van der Waals surface area (Å²) in [6.07, 6.45) is 2.70. The minimum absolute atomic E-state index is 0.0771. The van der Waals surface area contributed by atoms with Gasteiger partial charge in [0.05, 0.1) is 20.4 Å². The van der Waals surface area contributed by atoms with Crippen molar-refractivity contribution in [3.63, 3.8) is 0 Å². The molecule has 7 nitrogen and oxygen atoms in total. The second-order valence-corrected chi connectivity index (χ2v) is 7.93. The largest absolute Gasteiger partial charge is 0.497 e. The molecule has 1 aliphatic carbocycles. The summed E-state index contributed by atoms with van der Waals surface area (Å²) in [5, 5.41) is 17.2. The summed E-state index contributed by atoms with van der Waals surface area (Å²) in [6, 6.07) is 7.19. The van der Waals surface area contributed by atoms with Crippen molar-refractivity contribution >= 4 is 11.6 Å². The highest BCUT2D eigenvalue weighted by Crippen LogP contribution is 2.48. The molecule has 1 aromatic heterocycles. The molecule has 4 rings (SSSR count). The predicted octanol–water partition coefficient (Wildman–Crippen LogP) is 3.43. The van der Waals surface area contributed by atoms with Crippen LogP contribution in [0.1, 0.15) is 43.9 Å². The van der Waals surface area contributed by atoms with Gasteiger partial charge in [0.2, 0.25) is 0 Å². The van der Waals surface area contributed by atoms with Gasteiger partial charge in [0.1, 0.15) is 35.0 Å². The van der Waals surface area contributed by atoms with E-state index in [0.29, 0.717) is 41.3 Å². The van der Waals surface area contributed by atoms with E-state index in [9.17, 15) is 10.1 Å². The van der Waals surface area contributed by atoms with Crippen LogP contribution in [0.25, 0.3) is 0 Å². The average molecular weight is 378 g/mol. The highest BCUT2D eigenvalue weighted by Gasteiger charge is 2.42. The molecule has 0 amide bonds. The summed E-state index contributed by atoms with van der Waals surface area (Å²) in [6.45, 7) is 4.16. The Morgan fingerprint density at radius 1 is 1.29 bits per heavy atom. The Kier molecular flexibility index (Phi) is 4.15. The van der Waals surface area contributed by atoms with E-state index in [1.165, 1.54) is 6.20 Å². The van der Waals surface area contributed by atoms with Gasteiger partial charge in [0.25, 0.3) is 0 Å². The van der Waals surface area contributed by atoms with E-state index in [1.807, 2.05) is 18.2 Å². The molecule has 2 aliphatic rings. The molecule has 1 aromatic carbocycles. The normalized spacial score (nSPS) is 20.0. The van der Waals surface area contributed by atoms with Gasteiger partial charge in [0, 0.05) is 23.3 Å². The lowest BCUT2D eigenvalue weighted by molar-refractivity contribution is -0.118. The maximum absolute atomic E-state index is 13.2. The van der Waals surface area contributed by atoms with Crippen LogP contribution in [-0.4, -0.2) is 29.8 Å². The zero-order valence-electron chi connectivity index (χ0n) is 16.4. The number of benzene rings is 1. The molecule has 0 spiro atoms. The van der Waals surface area contributed by atoms with Crippen molar-refractivity contribution in [2.24, 2.45) is 5.41 Å². The molecule has 1 unspecified atom stereocenters. The number of rotatable bonds is 3. The summed E-state index contributed by atoms with van der Waals surface area (Å²) in [5.74, 6) is 1.97. The predicted molar refractivity (Wildman–Crippen MR) is 103 cm³/mol. The number of carbonyl (C=O) groups excluding carboxylic acids is 1. The number of methoxy groups -OCH3 is 2. The highest BCUT2D eigenvalue weighted by molar-refractivity contribution is 6.00. The van der Waals surface area contributed by atoms with Gasteiger partial charge in [-0.3, -0.25) is 4.79 Å². The van der Waals surface area contributed by atoms with E-state index in [-0.39, 0.29) is 11.2 Å². The Balaban J connectivity index is 1.99. The van der Waals surface area contributed by atoms with Crippen molar-refractivity contribution in [3.8, 4) is 17.6 Å². The van der Waals surface area contributed by atoms with Crippen LogP contribution in [0.4, 0.5) is 5.82 Å². The van der Waals surface area contributed by atoms with Gasteiger partial charge in [-0.05, 0) is 30.0 Å². The molecule has 2 heterocycles. The maximum atomic E-state index is 13.2. The molecule has 0 saturated carbocycles. The van der Waals surface area contributed by atoms with Crippen LogP contribution < -0.4 is 14.8 Å². The molecule has 0 bridgehead atoms. The summed E-state index contributed by atoms with van der Waals surface area (Å²) >= 11 is 0. The van der Waals surface area contributed by atoms with Crippen LogP contribution in [0.2, 0.25) is 0 Å². The zero-order chi connectivity index (χ0) is 20.1. The van der Waals surface area contributed by atoms with Crippen molar-refractivity contribution in [1.29, 1.82) is 5.26 Å². The third-order valence-corrected chi connectivity index (χ3v) is 5.35. The first-order chi connectivity index (χ1) is 13.4. The van der Waals surface area contributed by atoms with Gasteiger partial charge in [-0.15, -0.1) is 0 Å². The number of Topliss-reactive ketones (excluding diaryl/α,β-unsaturated/α-hetero) is 1. The highest BCUT2D eigenvalue weighted by atomic mass is 16.5. The Morgan fingerprint density at radius 3 is 2.75 bits per heavy atom. The molecule has 0 saturated heterocycles. The molecule has 1 N–H and O–H groups in total. The van der Waals surface area contributed by atoms with E-state index >= 15 is 0 Å². The number of fused-ring (bicyclic) bond motifs is 1. The SMILES string of the molecule is COc1ccc(OC)c(C2C3=C(CC(C)(C)CC3=O)Nc3c(C#N)cnn32)c1. The molecule has 2 aromatic rings. The number of nitrogens with zero attached hydrogens (tertiary/aromatic N) is 3.